The van der Waals surface area contributed by atoms with Crippen molar-refractivity contribution in [3.05, 3.63) is 34.9 Å². The Bertz CT molecular complexity index is 584. The lowest BCUT2D eigenvalue weighted by Gasteiger charge is -2.22. The molecule has 0 aromatic heterocycles. The van der Waals surface area contributed by atoms with Gasteiger partial charge in [-0.3, -0.25) is 4.79 Å². The van der Waals surface area contributed by atoms with Gasteiger partial charge < -0.3 is 9.47 Å². The van der Waals surface area contributed by atoms with E-state index in [1.165, 1.54) is 0 Å². The summed E-state index contributed by atoms with van der Waals surface area (Å²) in [4.78, 5) is 23.7. The van der Waals surface area contributed by atoms with Crippen molar-refractivity contribution < 1.29 is 19.1 Å². The lowest BCUT2D eigenvalue weighted by atomic mass is 9.97. The van der Waals surface area contributed by atoms with Gasteiger partial charge in [0.2, 0.25) is 0 Å². The van der Waals surface area contributed by atoms with E-state index < -0.39 is 5.97 Å². The predicted molar refractivity (Wildman–Crippen MR) is 70.8 cm³/mol. The number of hydrogen-bond donors (Lipinski definition) is 0. The molecule has 0 saturated heterocycles. The third-order valence-electron chi connectivity index (χ3n) is 3.00. The summed E-state index contributed by atoms with van der Waals surface area (Å²) < 4.78 is 10.8. The summed E-state index contributed by atoms with van der Waals surface area (Å²) in [5.74, 6) is 0.217. The summed E-state index contributed by atoms with van der Waals surface area (Å²) in [6.45, 7) is 9.14. The maximum Gasteiger partial charge on any atom is 0.338 e. The van der Waals surface area contributed by atoms with E-state index in [2.05, 4.69) is 6.58 Å². The molecule has 100 valence electrons. The van der Waals surface area contributed by atoms with Crippen LogP contribution in [0.3, 0.4) is 0 Å². The molecule has 4 heteroatoms. The van der Waals surface area contributed by atoms with E-state index in [0.717, 1.165) is 11.1 Å². The second-order valence-electron chi connectivity index (χ2n) is 4.74. The molecule has 0 atom stereocenters. The van der Waals surface area contributed by atoms with E-state index in [9.17, 15) is 9.59 Å². The second-order valence-corrected chi connectivity index (χ2v) is 4.74. The highest BCUT2D eigenvalue weighted by molar-refractivity contribution is 6.04. The fourth-order valence-electron chi connectivity index (χ4n) is 2.07. The van der Waals surface area contributed by atoms with Crippen molar-refractivity contribution in [2.75, 3.05) is 6.61 Å². The molecule has 0 fully saturated rings. The zero-order valence-corrected chi connectivity index (χ0v) is 11.3. The van der Waals surface area contributed by atoms with Crippen LogP contribution < -0.4 is 9.47 Å². The Morgan fingerprint density at radius 2 is 2.05 bits per heavy atom. The van der Waals surface area contributed by atoms with E-state index in [-0.39, 0.29) is 11.4 Å². The topological polar surface area (TPSA) is 52.6 Å². The molecule has 0 spiro atoms. The second kappa shape index (κ2) is 4.88. The standard InChI is InChI=1S/C15H16O4/c1-8(2)15(17)19-14-10(4)7-9(3)13-12(14)11(16)5-6-18-13/h7H,1,5-6H2,2-4H3. The normalized spacial score (nSPS) is 13.5. The number of rotatable bonds is 2. The van der Waals surface area contributed by atoms with Crippen molar-refractivity contribution in [3.63, 3.8) is 0 Å². The average Bonchev–Trinajstić information content (AvgIpc) is 2.34. The minimum absolute atomic E-state index is 0.0578. The number of carbonyl (C=O) groups is 2. The molecule has 0 radical (unpaired) electrons. The highest BCUT2D eigenvalue weighted by atomic mass is 16.5. The molecular formula is C15H16O4. The van der Waals surface area contributed by atoms with Crippen LogP contribution in [0, 0.1) is 13.8 Å². The maximum absolute atomic E-state index is 12.1. The Balaban J connectivity index is 2.57. The van der Waals surface area contributed by atoms with Gasteiger partial charge in [-0.15, -0.1) is 0 Å². The Hall–Kier alpha value is -2.10. The molecule has 1 aromatic rings. The Morgan fingerprint density at radius 3 is 2.68 bits per heavy atom. The highest BCUT2D eigenvalue weighted by Crippen LogP contribution is 2.38. The molecule has 2 rings (SSSR count). The number of esters is 1. The monoisotopic (exact) mass is 260 g/mol. The molecule has 0 bridgehead atoms. The molecule has 1 aliphatic heterocycles. The minimum Gasteiger partial charge on any atom is -0.492 e. The molecule has 1 aromatic carbocycles. The van der Waals surface area contributed by atoms with E-state index in [1.54, 1.807) is 13.8 Å². The molecule has 4 nitrogen and oxygen atoms in total. The van der Waals surface area contributed by atoms with E-state index in [4.69, 9.17) is 9.47 Å². The number of ether oxygens (including phenoxy) is 2. The van der Waals surface area contributed by atoms with Gasteiger partial charge in [-0.2, -0.15) is 0 Å². The Kier molecular flexibility index (Phi) is 3.42. The predicted octanol–water partition coefficient (Wildman–Crippen LogP) is 2.75. The lowest BCUT2D eigenvalue weighted by molar-refractivity contribution is -0.130. The molecule has 0 aliphatic carbocycles. The summed E-state index contributed by atoms with van der Waals surface area (Å²) >= 11 is 0. The van der Waals surface area contributed by atoms with Crippen molar-refractivity contribution in [3.8, 4) is 11.5 Å². The molecule has 1 heterocycles. The first-order chi connectivity index (χ1) is 8.91. The van der Waals surface area contributed by atoms with Crippen molar-refractivity contribution >= 4 is 11.8 Å². The SMILES string of the molecule is C=C(C)C(=O)Oc1c(C)cc(C)c2c1C(=O)CCO2. The van der Waals surface area contributed by atoms with Gasteiger partial charge in [-0.1, -0.05) is 6.58 Å². The number of fused-ring (bicyclic) bond motifs is 1. The number of Topliss-reactive ketones (excluding diaryl/α,β-unsaturated/α-hetero) is 1. The molecule has 0 saturated carbocycles. The van der Waals surface area contributed by atoms with E-state index in [0.29, 0.717) is 30.1 Å². The summed E-state index contributed by atoms with van der Waals surface area (Å²) in [5, 5.41) is 0. The van der Waals surface area contributed by atoms with Crippen LogP contribution in [-0.2, 0) is 4.79 Å². The van der Waals surface area contributed by atoms with Gasteiger partial charge in [0, 0.05) is 12.0 Å². The van der Waals surface area contributed by atoms with Crippen LogP contribution in [0.4, 0.5) is 0 Å². The summed E-state index contributed by atoms with van der Waals surface area (Å²) in [6.07, 6.45) is 0.299. The van der Waals surface area contributed by atoms with Crippen molar-refractivity contribution in [2.24, 2.45) is 0 Å². The first-order valence-electron chi connectivity index (χ1n) is 6.09. The largest absolute Gasteiger partial charge is 0.492 e. The van der Waals surface area contributed by atoms with Crippen molar-refractivity contribution in [1.29, 1.82) is 0 Å². The summed E-state index contributed by atoms with van der Waals surface area (Å²) in [6, 6.07) is 1.85. The minimum atomic E-state index is -0.535. The number of hydrogen-bond acceptors (Lipinski definition) is 4. The smallest absolute Gasteiger partial charge is 0.338 e. The van der Waals surface area contributed by atoms with Crippen molar-refractivity contribution in [2.45, 2.75) is 27.2 Å². The van der Waals surface area contributed by atoms with E-state index in [1.807, 2.05) is 13.0 Å². The quantitative estimate of drug-likeness (QED) is 0.466. The number of carbonyl (C=O) groups excluding carboxylic acids is 2. The van der Waals surface area contributed by atoms with Gasteiger partial charge in [-0.05, 0) is 38.0 Å². The summed E-state index contributed by atoms with van der Waals surface area (Å²) in [7, 11) is 0. The zero-order chi connectivity index (χ0) is 14.2. The van der Waals surface area contributed by atoms with Gasteiger partial charge in [0.05, 0.1) is 6.61 Å². The molecule has 19 heavy (non-hydrogen) atoms. The van der Waals surface area contributed by atoms with Crippen LogP contribution in [0.25, 0.3) is 0 Å². The highest BCUT2D eigenvalue weighted by Gasteiger charge is 2.27. The van der Waals surface area contributed by atoms with Crippen LogP contribution in [0.2, 0.25) is 0 Å². The lowest BCUT2D eigenvalue weighted by Crippen LogP contribution is -2.20. The fraction of sp³-hybridized carbons (Fsp3) is 0.333. The molecular weight excluding hydrogens is 244 g/mol. The van der Waals surface area contributed by atoms with Gasteiger partial charge in [-0.25, -0.2) is 4.79 Å². The first kappa shape index (κ1) is 13.3. The fourth-order valence-corrected chi connectivity index (χ4v) is 2.07. The van der Waals surface area contributed by atoms with Crippen LogP contribution in [0.1, 0.15) is 34.8 Å². The number of benzene rings is 1. The van der Waals surface area contributed by atoms with Crippen LogP contribution in [-0.4, -0.2) is 18.4 Å². The van der Waals surface area contributed by atoms with Gasteiger partial charge in [0.1, 0.15) is 17.1 Å². The van der Waals surface area contributed by atoms with Crippen molar-refractivity contribution in [1.82, 2.24) is 0 Å². The zero-order valence-electron chi connectivity index (χ0n) is 11.3. The van der Waals surface area contributed by atoms with Crippen LogP contribution in [0.5, 0.6) is 11.5 Å². The maximum atomic E-state index is 12.1. The van der Waals surface area contributed by atoms with Gasteiger partial charge in [0.15, 0.2) is 5.78 Å². The number of aryl methyl sites for hydroxylation is 2. The molecule has 0 unspecified atom stereocenters. The van der Waals surface area contributed by atoms with Gasteiger partial charge in [0.25, 0.3) is 0 Å². The average molecular weight is 260 g/mol. The van der Waals surface area contributed by atoms with Crippen LogP contribution in [0.15, 0.2) is 18.2 Å². The molecule has 0 N–H and O–H groups in total. The molecule has 1 aliphatic rings. The van der Waals surface area contributed by atoms with E-state index >= 15 is 0 Å². The van der Waals surface area contributed by atoms with Gasteiger partial charge >= 0.3 is 5.97 Å². The Labute approximate surface area is 112 Å². The first-order valence-corrected chi connectivity index (χ1v) is 6.09. The number of ketones is 1. The van der Waals surface area contributed by atoms with Crippen LogP contribution >= 0.6 is 0 Å². The Morgan fingerprint density at radius 1 is 1.37 bits per heavy atom. The third kappa shape index (κ3) is 2.38. The summed E-state index contributed by atoms with van der Waals surface area (Å²) in [5.41, 5.74) is 2.27. The third-order valence-corrected chi connectivity index (χ3v) is 3.00. The molecule has 0 amide bonds.